The second kappa shape index (κ2) is 16.4. The third-order valence-corrected chi connectivity index (χ3v) is 14.2. The van der Waals surface area contributed by atoms with E-state index in [1.54, 1.807) is 0 Å². The van der Waals surface area contributed by atoms with Crippen molar-refractivity contribution >= 4 is 46.7 Å². The van der Waals surface area contributed by atoms with Gasteiger partial charge in [-0.15, -0.1) is 0 Å². The van der Waals surface area contributed by atoms with Gasteiger partial charge < -0.3 is 25.4 Å². The molecule has 0 bridgehead atoms. The van der Waals surface area contributed by atoms with Gasteiger partial charge in [-0.2, -0.15) is 10.1 Å². The average molecular weight is 766 g/mol. The van der Waals surface area contributed by atoms with Gasteiger partial charge in [-0.25, -0.2) is 9.29 Å². The summed E-state index contributed by atoms with van der Waals surface area (Å²) in [6.45, 7) is 6.51. The van der Waals surface area contributed by atoms with E-state index in [9.17, 15) is 9.90 Å². The summed E-state index contributed by atoms with van der Waals surface area (Å²) in [5.41, 5.74) is 4.43. The van der Waals surface area contributed by atoms with Crippen molar-refractivity contribution in [2.24, 2.45) is 7.05 Å². The number of anilines is 3. The van der Waals surface area contributed by atoms with Crippen molar-refractivity contribution in [3.05, 3.63) is 65.4 Å². The van der Waals surface area contributed by atoms with E-state index in [1.807, 2.05) is 44.0 Å². The first-order chi connectivity index (χ1) is 26.7. The summed E-state index contributed by atoms with van der Waals surface area (Å²) in [7, 11) is 6.00. The lowest BCUT2D eigenvalue weighted by Gasteiger charge is -2.36. The van der Waals surface area contributed by atoms with Gasteiger partial charge in [0.05, 0.1) is 23.1 Å². The Hall–Kier alpha value is -3.71. The second-order valence-electron chi connectivity index (χ2n) is 16.6. The maximum Gasteiger partial charge on any atom is 0.224 e. The van der Waals surface area contributed by atoms with Crippen LogP contribution in [0.15, 0.2) is 53.6 Å². The molecule has 55 heavy (non-hydrogen) atoms. The Kier molecular flexibility index (Phi) is 11.4. The van der Waals surface area contributed by atoms with Gasteiger partial charge in [-0.3, -0.25) is 9.58 Å². The number of aldehydes is 1. The number of carbonyl (C=O) groups excluding carboxylic acids is 1. The zero-order chi connectivity index (χ0) is 38.1. The van der Waals surface area contributed by atoms with Crippen LogP contribution in [-0.4, -0.2) is 98.8 Å². The topological polar surface area (TPSA) is 115 Å². The van der Waals surface area contributed by atoms with E-state index >= 15 is 0 Å². The van der Waals surface area contributed by atoms with Gasteiger partial charge in [-0.05, 0) is 125 Å². The summed E-state index contributed by atoms with van der Waals surface area (Å²) in [5.74, 6) is 2.93. The van der Waals surface area contributed by atoms with Gasteiger partial charge in [0.1, 0.15) is 12.1 Å². The Morgan fingerprint density at radius 3 is 2.53 bits per heavy atom. The molecule has 4 aliphatic rings. The number of benzene rings is 2. The van der Waals surface area contributed by atoms with Crippen LogP contribution in [0.1, 0.15) is 106 Å². The van der Waals surface area contributed by atoms with Crippen LogP contribution in [0.5, 0.6) is 0 Å². The molecule has 294 valence electrons. The van der Waals surface area contributed by atoms with Crippen LogP contribution >= 0.6 is 11.9 Å². The lowest BCUT2D eigenvalue weighted by Crippen LogP contribution is -2.42. The van der Waals surface area contributed by atoms with Crippen LogP contribution in [0.3, 0.4) is 0 Å². The van der Waals surface area contributed by atoms with Crippen LogP contribution < -0.4 is 15.5 Å². The zero-order valence-corrected chi connectivity index (χ0v) is 33.9. The number of carbonyl (C=O) groups is 1. The SMILES string of the molecule is CNc1nn(C)c2cc(C3CCN([C@@H](C)c4cccc(SN5CCC(Nc6ncc(C7(C=O)CC7)c(N(C)C7CCCCC[C@@H]7O)n6)CC5)c4)CC3)ccc12. The van der Waals surface area contributed by atoms with E-state index in [4.69, 9.17) is 9.97 Å². The number of aliphatic hydroxyl groups excluding tert-OH is 1. The largest absolute Gasteiger partial charge is 0.391 e. The van der Waals surface area contributed by atoms with E-state index in [0.29, 0.717) is 17.9 Å². The summed E-state index contributed by atoms with van der Waals surface area (Å²) in [5, 5.41) is 23.7. The monoisotopic (exact) mass is 765 g/mol. The van der Waals surface area contributed by atoms with Gasteiger partial charge >= 0.3 is 0 Å². The van der Waals surface area contributed by atoms with Crippen molar-refractivity contribution in [1.82, 2.24) is 29.0 Å². The first-order valence-corrected chi connectivity index (χ1v) is 21.4. The maximum atomic E-state index is 12.2. The van der Waals surface area contributed by atoms with Gasteiger partial charge in [0.25, 0.3) is 0 Å². The van der Waals surface area contributed by atoms with Crippen molar-refractivity contribution in [2.75, 3.05) is 55.8 Å². The molecule has 0 radical (unpaired) electrons. The molecular formula is C43H59N9O2S. The fraction of sp³-hybridized carbons (Fsp3) is 0.581. The number of hydrogen-bond donors (Lipinski definition) is 3. The predicted molar refractivity (Wildman–Crippen MR) is 223 cm³/mol. The maximum absolute atomic E-state index is 12.2. The standard InChI is InChI=1S/C43H59N9O2S/c1-29(51-21-15-30(16-22-51)32-13-14-35-38(26-32)50(4)48-40(35)44-2)31-9-8-10-34(25-31)55-52-23-17-33(18-24-52)46-42-45-27-36(43(28-53)19-20-43)41(47-42)49(3)37-11-6-5-7-12-39(37)54/h8-10,13-14,25-30,33,37,39,54H,5-7,11-12,15-24H2,1-4H3,(H,44,48)(H,45,46,47)/t29-,37?,39-/m0/s1. The number of piperidine rings is 2. The lowest BCUT2D eigenvalue weighted by atomic mass is 9.88. The number of fused-ring (bicyclic) bond motifs is 1. The zero-order valence-electron chi connectivity index (χ0n) is 33.1. The number of nitrogens with zero attached hydrogens (tertiary/aromatic N) is 7. The Balaban J connectivity index is 0.851. The molecule has 4 fully saturated rings. The minimum absolute atomic E-state index is 0.00737. The molecule has 8 rings (SSSR count). The number of nitrogens with one attached hydrogen (secondary N) is 2. The van der Waals surface area contributed by atoms with Gasteiger partial charge in [-0.1, -0.05) is 37.5 Å². The minimum atomic E-state index is -0.486. The number of rotatable bonds is 12. The smallest absolute Gasteiger partial charge is 0.224 e. The molecule has 2 aromatic heterocycles. The van der Waals surface area contributed by atoms with Crippen molar-refractivity contribution in [3.8, 4) is 0 Å². The van der Waals surface area contributed by atoms with Crippen LogP contribution in [0.25, 0.3) is 10.9 Å². The minimum Gasteiger partial charge on any atom is -0.391 e. The van der Waals surface area contributed by atoms with Crippen LogP contribution in [0.4, 0.5) is 17.6 Å². The van der Waals surface area contributed by atoms with Crippen LogP contribution in [0.2, 0.25) is 0 Å². The molecule has 1 unspecified atom stereocenters. The molecule has 2 aliphatic heterocycles. The fourth-order valence-electron chi connectivity index (χ4n) is 9.32. The number of hydrogen-bond acceptors (Lipinski definition) is 11. The molecule has 2 saturated carbocycles. The van der Waals surface area contributed by atoms with Crippen molar-refractivity contribution in [3.63, 3.8) is 0 Å². The summed E-state index contributed by atoms with van der Waals surface area (Å²) >= 11 is 1.87. The Morgan fingerprint density at radius 1 is 1.00 bits per heavy atom. The van der Waals surface area contributed by atoms with Gasteiger partial charge in [0.2, 0.25) is 5.95 Å². The number of aromatic nitrogens is 4. The molecule has 2 aliphatic carbocycles. The predicted octanol–water partition coefficient (Wildman–Crippen LogP) is 7.29. The normalized spacial score (nSPS) is 23.3. The van der Waals surface area contributed by atoms with Gasteiger partial charge in [0, 0.05) is 68.4 Å². The molecule has 12 heteroatoms. The first kappa shape index (κ1) is 38.2. The van der Waals surface area contributed by atoms with Crippen molar-refractivity contribution in [1.29, 1.82) is 0 Å². The molecular weight excluding hydrogens is 707 g/mol. The number of aliphatic hydroxyl groups is 1. The summed E-state index contributed by atoms with van der Waals surface area (Å²) in [6, 6.07) is 16.7. The highest BCUT2D eigenvalue weighted by Crippen LogP contribution is 2.49. The molecule has 0 spiro atoms. The fourth-order valence-corrected chi connectivity index (χ4v) is 10.3. The molecule has 3 N–H and O–H groups in total. The third kappa shape index (κ3) is 8.10. The summed E-state index contributed by atoms with van der Waals surface area (Å²) in [4.78, 5) is 28.1. The summed E-state index contributed by atoms with van der Waals surface area (Å²) < 4.78 is 4.48. The Morgan fingerprint density at radius 2 is 1.78 bits per heavy atom. The Labute approximate surface area is 330 Å². The van der Waals surface area contributed by atoms with E-state index in [-0.39, 0.29) is 12.1 Å². The van der Waals surface area contributed by atoms with E-state index in [1.165, 1.54) is 39.8 Å². The third-order valence-electron chi connectivity index (χ3n) is 13.1. The lowest BCUT2D eigenvalue weighted by molar-refractivity contribution is -0.109. The number of aryl methyl sites for hydroxylation is 1. The molecule has 4 heterocycles. The highest BCUT2D eigenvalue weighted by Gasteiger charge is 2.48. The number of likely N-dealkylation sites (tertiary alicyclic amines) is 1. The van der Waals surface area contributed by atoms with E-state index in [2.05, 4.69) is 79.2 Å². The quantitative estimate of drug-likeness (QED) is 0.0768. The van der Waals surface area contributed by atoms with Crippen molar-refractivity contribution < 1.29 is 9.90 Å². The highest BCUT2D eigenvalue weighted by atomic mass is 32.2. The van der Waals surface area contributed by atoms with E-state index < -0.39 is 11.5 Å². The summed E-state index contributed by atoms with van der Waals surface area (Å²) in [6.07, 6.45) is 13.6. The molecule has 3 atom stereocenters. The molecule has 11 nitrogen and oxygen atoms in total. The molecule has 0 amide bonds. The first-order valence-electron chi connectivity index (χ1n) is 20.7. The molecule has 2 saturated heterocycles. The second-order valence-corrected chi connectivity index (χ2v) is 17.8. The van der Waals surface area contributed by atoms with Gasteiger partial charge in [0.15, 0.2) is 5.82 Å². The van der Waals surface area contributed by atoms with Crippen LogP contribution in [-0.2, 0) is 17.3 Å². The van der Waals surface area contributed by atoms with Crippen molar-refractivity contribution in [2.45, 2.75) is 118 Å². The molecule has 2 aromatic carbocycles. The average Bonchev–Trinajstić information content (AvgIpc) is 3.99. The number of likely N-dealkylation sites (N-methyl/N-ethyl adjacent to an activating group) is 1. The van der Waals surface area contributed by atoms with Crippen LogP contribution in [0, 0.1) is 0 Å². The Bertz CT molecular complexity index is 1950. The van der Waals surface area contributed by atoms with E-state index in [0.717, 1.165) is 107 Å². The highest BCUT2D eigenvalue weighted by molar-refractivity contribution is 7.97. The molecule has 4 aromatic rings.